The van der Waals surface area contributed by atoms with E-state index in [1.54, 1.807) is 0 Å². The fourth-order valence-electron chi connectivity index (χ4n) is 6.02. The topological polar surface area (TPSA) is 0 Å². The number of hydrogen-bond donors (Lipinski definition) is 0. The molecule has 2 aliphatic carbocycles. The quantitative estimate of drug-likeness (QED) is 0.263. The first kappa shape index (κ1) is 18.6. The molecule has 1 spiro atoms. The van der Waals surface area contributed by atoms with Crippen LogP contribution in [0.5, 0.6) is 0 Å². The van der Waals surface area contributed by atoms with Gasteiger partial charge in [-0.1, -0.05) is 113 Å². The zero-order valence-electron chi connectivity index (χ0n) is 18.8. The molecule has 0 amide bonds. The summed E-state index contributed by atoms with van der Waals surface area (Å²) in [6.45, 7) is 9.30. The number of benzene rings is 4. The van der Waals surface area contributed by atoms with E-state index in [1.165, 1.54) is 55.6 Å². The summed E-state index contributed by atoms with van der Waals surface area (Å²) in [5.41, 5.74) is 14.1. The monoisotopic (exact) mass is 400 g/mol. The Morgan fingerprint density at radius 3 is 1.61 bits per heavy atom. The average Bonchev–Trinajstić information content (AvgIpc) is 3.25. The maximum atomic E-state index is 2.52. The Morgan fingerprint density at radius 2 is 1.10 bits per heavy atom. The van der Waals surface area contributed by atoms with E-state index < -0.39 is 0 Å². The summed E-state index contributed by atoms with van der Waals surface area (Å²) >= 11 is 0. The van der Waals surface area contributed by atoms with Crippen LogP contribution in [0.2, 0.25) is 0 Å². The van der Waals surface area contributed by atoms with Crippen molar-refractivity contribution in [2.75, 3.05) is 0 Å². The smallest absolute Gasteiger partial charge is 0.0619 e. The van der Waals surface area contributed by atoms with Gasteiger partial charge in [0.25, 0.3) is 0 Å². The fourth-order valence-corrected chi connectivity index (χ4v) is 6.02. The van der Waals surface area contributed by atoms with Gasteiger partial charge in [-0.3, -0.25) is 0 Å². The van der Waals surface area contributed by atoms with Crippen molar-refractivity contribution in [3.05, 3.63) is 118 Å². The molecule has 4 aromatic rings. The molecule has 152 valence electrons. The van der Waals surface area contributed by atoms with Crippen molar-refractivity contribution in [2.24, 2.45) is 0 Å². The summed E-state index contributed by atoms with van der Waals surface area (Å²) < 4.78 is 0. The lowest BCUT2D eigenvalue weighted by molar-refractivity contribution is 0.587. The van der Waals surface area contributed by atoms with Gasteiger partial charge in [0, 0.05) is 0 Å². The van der Waals surface area contributed by atoms with Crippen molar-refractivity contribution in [1.29, 1.82) is 0 Å². The zero-order valence-corrected chi connectivity index (χ0v) is 18.8. The Morgan fingerprint density at radius 1 is 0.613 bits per heavy atom. The Balaban J connectivity index is 1.85. The molecule has 0 saturated heterocycles. The molecule has 0 aliphatic heterocycles. The molecule has 0 aromatic heterocycles. The number of rotatable bonds is 1. The van der Waals surface area contributed by atoms with E-state index in [4.69, 9.17) is 0 Å². The minimum Gasteiger partial charge on any atom is -0.0619 e. The molecule has 0 atom stereocenters. The summed E-state index contributed by atoms with van der Waals surface area (Å²) in [5.74, 6) is 0. The van der Waals surface area contributed by atoms with Crippen molar-refractivity contribution >= 4 is 0 Å². The highest BCUT2D eigenvalue weighted by Gasteiger charge is 2.52. The van der Waals surface area contributed by atoms with E-state index in [0.717, 1.165) is 6.42 Å². The van der Waals surface area contributed by atoms with E-state index in [9.17, 15) is 0 Å². The van der Waals surface area contributed by atoms with Crippen LogP contribution in [0.15, 0.2) is 84.9 Å². The first-order chi connectivity index (χ1) is 15.0. The minimum absolute atomic E-state index is 0.104. The van der Waals surface area contributed by atoms with E-state index >= 15 is 0 Å². The Labute approximate surface area is 185 Å². The lowest BCUT2D eigenvalue weighted by atomic mass is 9.69. The van der Waals surface area contributed by atoms with E-state index in [2.05, 4.69) is 113 Å². The third-order valence-electron chi connectivity index (χ3n) is 7.42. The first-order valence-electron chi connectivity index (χ1n) is 11.4. The average molecular weight is 401 g/mol. The van der Waals surface area contributed by atoms with Crippen LogP contribution in [0.25, 0.3) is 22.3 Å². The largest absolute Gasteiger partial charge is 0.0725 e. The number of aryl methyl sites for hydroxylation is 1. The third kappa shape index (κ3) is 2.26. The molecule has 0 radical (unpaired) electrons. The molecule has 6 rings (SSSR count). The Kier molecular flexibility index (Phi) is 3.73. The van der Waals surface area contributed by atoms with Gasteiger partial charge in [0.2, 0.25) is 0 Å². The Hall–Kier alpha value is -3.12. The van der Waals surface area contributed by atoms with Crippen LogP contribution in [0, 0.1) is 0 Å². The Bertz CT molecular complexity index is 1300. The molecule has 0 heteroatoms. The summed E-state index contributed by atoms with van der Waals surface area (Å²) in [6.07, 6.45) is 1.04. The maximum absolute atomic E-state index is 2.52. The van der Waals surface area contributed by atoms with Gasteiger partial charge in [-0.15, -0.1) is 0 Å². The predicted molar refractivity (Wildman–Crippen MR) is 131 cm³/mol. The molecular formula is C31H28. The number of hydrogen-bond acceptors (Lipinski definition) is 0. The highest BCUT2D eigenvalue weighted by molar-refractivity contribution is 5.96. The first-order valence-corrected chi connectivity index (χ1v) is 11.4. The van der Waals surface area contributed by atoms with Crippen molar-refractivity contribution < 1.29 is 0 Å². The van der Waals surface area contributed by atoms with Gasteiger partial charge in [-0.2, -0.15) is 0 Å². The molecule has 2 aliphatic rings. The summed E-state index contributed by atoms with van der Waals surface area (Å²) in [7, 11) is 0. The molecule has 0 N–H and O–H groups in total. The molecule has 0 unspecified atom stereocenters. The molecule has 0 nitrogen and oxygen atoms in total. The van der Waals surface area contributed by atoms with Crippen molar-refractivity contribution in [3.8, 4) is 22.3 Å². The van der Waals surface area contributed by atoms with E-state index in [-0.39, 0.29) is 10.8 Å². The van der Waals surface area contributed by atoms with Crippen LogP contribution in [-0.4, -0.2) is 0 Å². The standard InChI is InChI=1S/C31H28/c1-5-20-18-21(30(2,3)4)19-28-29(20)24-14-8-11-17-27(24)31(28)25-15-9-6-12-22(25)23-13-7-10-16-26(23)31/h6-19H,5H2,1-4H3. The van der Waals surface area contributed by atoms with E-state index in [0.29, 0.717) is 0 Å². The van der Waals surface area contributed by atoms with Crippen LogP contribution < -0.4 is 0 Å². The number of fused-ring (bicyclic) bond motifs is 10. The fraction of sp³-hybridized carbons (Fsp3) is 0.226. The predicted octanol–water partition coefficient (Wildman–Crippen LogP) is 7.89. The van der Waals surface area contributed by atoms with Gasteiger partial charge >= 0.3 is 0 Å². The van der Waals surface area contributed by atoms with Gasteiger partial charge in [0.1, 0.15) is 0 Å². The molecule has 0 bridgehead atoms. The molecule has 0 fully saturated rings. The van der Waals surface area contributed by atoms with Gasteiger partial charge in [-0.05, 0) is 67.5 Å². The minimum atomic E-state index is -0.232. The van der Waals surface area contributed by atoms with Crippen molar-refractivity contribution in [3.63, 3.8) is 0 Å². The summed E-state index contributed by atoms with van der Waals surface area (Å²) in [6, 6.07) is 32.2. The molecule has 0 heterocycles. The second-order valence-electron chi connectivity index (χ2n) is 10.0. The van der Waals surface area contributed by atoms with Crippen LogP contribution in [0.3, 0.4) is 0 Å². The summed E-state index contributed by atoms with van der Waals surface area (Å²) in [5, 5.41) is 0. The van der Waals surface area contributed by atoms with Gasteiger partial charge < -0.3 is 0 Å². The highest BCUT2D eigenvalue weighted by Crippen LogP contribution is 2.63. The SMILES string of the molecule is CCc1cc(C(C)(C)C)cc2c1-c1ccccc1C21c2ccccc2-c2ccccc21. The van der Waals surface area contributed by atoms with Crippen LogP contribution in [0.1, 0.15) is 61.1 Å². The van der Waals surface area contributed by atoms with Gasteiger partial charge in [-0.25, -0.2) is 0 Å². The third-order valence-corrected chi connectivity index (χ3v) is 7.42. The van der Waals surface area contributed by atoms with E-state index in [1.807, 2.05) is 0 Å². The van der Waals surface area contributed by atoms with Gasteiger partial charge in [0.05, 0.1) is 5.41 Å². The molecule has 31 heavy (non-hydrogen) atoms. The normalized spacial score (nSPS) is 14.8. The van der Waals surface area contributed by atoms with Crippen LogP contribution >= 0.6 is 0 Å². The van der Waals surface area contributed by atoms with Crippen molar-refractivity contribution in [1.82, 2.24) is 0 Å². The van der Waals surface area contributed by atoms with Crippen LogP contribution in [0.4, 0.5) is 0 Å². The highest BCUT2D eigenvalue weighted by atomic mass is 14.5. The molecule has 4 aromatic carbocycles. The second-order valence-corrected chi connectivity index (χ2v) is 10.0. The zero-order chi connectivity index (χ0) is 21.4. The van der Waals surface area contributed by atoms with Crippen LogP contribution in [-0.2, 0) is 17.3 Å². The maximum Gasteiger partial charge on any atom is 0.0725 e. The molecule has 0 saturated carbocycles. The lowest BCUT2D eigenvalue weighted by Gasteiger charge is -2.32. The van der Waals surface area contributed by atoms with Gasteiger partial charge in [0.15, 0.2) is 0 Å². The van der Waals surface area contributed by atoms with Crippen molar-refractivity contribution in [2.45, 2.75) is 44.9 Å². The molecular weight excluding hydrogens is 372 g/mol. The second kappa shape index (κ2) is 6.20. The summed E-state index contributed by atoms with van der Waals surface area (Å²) in [4.78, 5) is 0. The lowest BCUT2D eigenvalue weighted by Crippen LogP contribution is -2.26.